The number of aliphatic carboxylic acids is 1. The number of nitrogens with zero attached hydrogens (tertiary/aromatic N) is 3. The predicted octanol–water partition coefficient (Wildman–Crippen LogP) is 6.25. The lowest BCUT2D eigenvalue weighted by Gasteiger charge is -2.10. The number of rotatable bonds is 10. The Morgan fingerprint density at radius 2 is 1.75 bits per heavy atom. The second-order valence-corrected chi connectivity index (χ2v) is 9.73. The largest absolute Gasteiger partial charge is 0.497 e. The number of carboxylic acid groups (broad SMARTS) is 1. The van der Waals surface area contributed by atoms with Crippen molar-refractivity contribution in [2.24, 2.45) is 0 Å². The number of ether oxygens (including phenoxy) is 2. The summed E-state index contributed by atoms with van der Waals surface area (Å²) < 4.78 is 18.4. The minimum Gasteiger partial charge on any atom is -0.497 e. The molecule has 2 aromatic heterocycles. The van der Waals surface area contributed by atoms with Gasteiger partial charge in [-0.05, 0) is 62.0 Å². The van der Waals surface area contributed by atoms with Gasteiger partial charge in [0, 0.05) is 29.1 Å². The van der Waals surface area contributed by atoms with Gasteiger partial charge in [-0.1, -0.05) is 29.5 Å². The van der Waals surface area contributed by atoms with Gasteiger partial charge in [-0.15, -0.1) is 10.2 Å². The maximum atomic E-state index is 12.1. The van der Waals surface area contributed by atoms with Gasteiger partial charge in [0.2, 0.25) is 0 Å². The zero-order valence-corrected chi connectivity index (χ0v) is 21.9. The number of benzene rings is 2. The molecule has 2 heterocycles. The van der Waals surface area contributed by atoms with E-state index >= 15 is 0 Å². The van der Waals surface area contributed by atoms with Crippen LogP contribution in [0.4, 0.5) is 0 Å². The fourth-order valence-electron chi connectivity index (χ4n) is 3.35. The Morgan fingerprint density at radius 3 is 2.36 bits per heavy atom. The van der Waals surface area contributed by atoms with Gasteiger partial charge < -0.3 is 23.6 Å². The van der Waals surface area contributed by atoms with Crippen LogP contribution in [0.2, 0.25) is 0 Å². The van der Waals surface area contributed by atoms with E-state index in [1.165, 1.54) is 23.4 Å². The monoisotopic (exact) mass is 523 g/mol. The number of methoxy groups -OCH3 is 2. The first-order valence-corrected chi connectivity index (χ1v) is 12.7. The number of hydrogen-bond acceptors (Lipinski definition) is 8. The van der Waals surface area contributed by atoms with Crippen molar-refractivity contribution in [3.05, 3.63) is 70.8 Å². The molecule has 10 heteroatoms. The zero-order chi connectivity index (χ0) is 25.7. The maximum Gasteiger partial charge on any atom is 0.342 e. The van der Waals surface area contributed by atoms with Gasteiger partial charge in [0.1, 0.15) is 22.2 Å². The van der Waals surface area contributed by atoms with Gasteiger partial charge in [-0.3, -0.25) is 0 Å². The van der Waals surface area contributed by atoms with E-state index in [-0.39, 0.29) is 4.91 Å². The molecule has 0 saturated carbocycles. The van der Waals surface area contributed by atoms with E-state index in [0.29, 0.717) is 39.9 Å². The van der Waals surface area contributed by atoms with Crippen molar-refractivity contribution in [2.75, 3.05) is 14.2 Å². The number of carbonyl (C=O) groups is 1. The molecule has 4 rings (SSSR count). The number of thioether (sulfide) groups is 1. The van der Waals surface area contributed by atoms with Crippen molar-refractivity contribution in [3.8, 4) is 22.9 Å². The van der Waals surface area contributed by atoms with Crippen LogP contribution < -0.4 is 9.47 Å². The summed E-state index contributed by atoms with van der Waals surface area (Å²) in [6.45, 7) is 4.51. The second kappa shape index (κ2) is 11.4. The van der Waals surface area contributed by atoms with Crippen molar-refractivity contribution in [2.45, 2.75) is 35.5 Å². The lowest BCUT2D eigenvalue weighted by Crippen LogP contribution is -2.03. The molecular formula is C26H25N3O5S2. The summed E-state index contributed by atoms with van der Waals surface area (Å²) in [6, 6.07) is 17.1. The van der Waals surface area contributed by atoms with Crippen molar-refractivity contribution in [1.29, 1.82) is 0 Å². The molecule has 0 bridgehead atoms. The molecule has 1 N–H and O–H groups in total. The predicted molar refractivity (Wildman–Crippen MR) is 140 cm³/mol. The molecule has 2 aromatic carbocycles. The van der Waals surface area contributed by atoms with Crippen LogP contribution in [0.25, 0.3) is 17.5 Å². The molecule has 0 atom stereocenters. The molecule has 0 radical (unpaired) electrons. The third-order valence-corrected chi connectivity index (χ3v) is 7.10. The van der Waals surface area contributed by atoms with E-state index in [2.05, 4.69) is 10.2 Å². The first kappa shape index (κ1) is 25.5. The summed E-state index contributed by atoms with van der Waals surface area (Å²) in [4.78, 5) is 13.2. The lowest BCUT2D eigenvalue weighted by atomic mass is 10.2. The van der Waals surface area contributed by atoms with Gasteiger partial charge in [0.05, 0.1) is 14.2 Å². The topological polar surface area (TPSA) is 99.6 Å². The van der Waals surface area contributed by atoms with Crippen LogP contribution in [-0.4, -0.2) is 40.1 Å². The third kappa shape index (κ3) is 5.95. The Morgan fingerprint density at radius 1 is 1.06 bits per heavy atom. The molecule has 0 saturated heterocycles. The Balaban J connectivity index is 1.59. The first-order valence-electron chi connectivity index (χ1n) is 11.0. The van der Waals surface area contributed by atoms with E-state index in [1.807, 2.05) is 60.9 Å². The number of aryl methyl sites for hydroxylation is 1. The highest BCUT2D eigenvalue weighted by molar-refractivity contribution is 8.04. The van der Waals surface area contributed by atoms with Gasteiger partial charge in [-0.25, -0.2) is 4.79 Å². The van der Waals surface area contributed by atoms with Crippen molar-refractivity contribution in [3.63, 3.8) is 0 Å². The highest BCUT2D eigenvalue weighted by Crippen LogP contribution is 2.35. The molecule has 36 heavy (non-hydrogen) atoms. The number of carboxylic acids is 1. The summed E-state index contributed by atoms with van der Waals surface area (Å²) >= 11 is 2.49. The van der Waals surface area contributed by atoms with Crippen LogP contribution in [0.3, 0.4) is 0 Å². The van der Waals surface area contributed by atoms with E-state index in [0.717, 1.165) is 22.2 Å². The molecule has 0 aliphatic carbocycles. The molecule has 4 aromatic rings. The van der Waals surface area contributed by atoms with E-state index in [9.17, 15) is 9.90 Å². The fourth-order valence-corrected chi connectivity index (χ4v) is 5.00. The molecular weight excluding hydrogens is 498 g/mol. The Kier molecular flexibility index (Phi) is 8.07. The molecule has 0 aliphatic heterocycles. The summed E-state index contributed by atoms with van der Waals surface area (Å²) in [5.74, 6) is 1.17. The third-order valence-electron chi connectivity index (χ3n) is 5.17. The van der Waals surface area contributed by atoms with Gasteiger partial charge in [-0.2, -0.15) is 0 Å². The smallest absolute Gasteiger partial charge is 0.342 e. The molecule has 0 spiro atoms. The highest BCUT2D eigenvalue weighted by atomic mass is 32.2. The number of furan rings is 1. The molecule has 0 unspecified atom stereocenters. The standard InChI is InChI=1S/C26H25N3O5S2/c1-5-29-24(17-12-19(32-3)14-20(13-17)33-4)27-28-26(29)36-22(25(30)31)15-18-8-11-23(34-18)35-21-9-6-16(2)7-10-21/h6-15H,5H2,1-4H3,(H,30,31)/b22-15-. The maximum absolute atomic E-state index is 12.1. The highest BCUT2D eigenvalue weighted by Gasteiger charge is 2.20. The first-order chi connectivity index (χ1) is 17.4. The van der Waals surface area contributed by atoms with Gasteiger partial charge >= 0.3 is 5.97 Å². The molecule has 0 amide bonds. The van der Waals surface area contributed by atoms with Gasteiger partial charge in [0.15, 0.2) is 16.1 Å². The van der Waals surface area contributed by atoms with Crippen LogP contribution in [-0.2, 0) is 11.3 Å². The van der Waals surface area contributed by atoms with Crippen LogP contribution in [0.5, 0.6) is 11.5 Å². The molecule has 0 fully saturated rings. The summed E-state index contributed by atoms with van der Waals surface area (Å²) in [7, 11) is 3.15. The van der Waals surface area contributed by atoms with Crippen molar-refractivity contribution < 1.29 is 23.8 Å². The fraction of sp³-hybridized carbons (Fsp3) is 0.192. The van der Waals surface area contributed by atoms with Crippen LogP contribution in [0.1, 0.15) is 18.2 Å². The van der Waals surface area contributed by atoms with Gasteiger partial charge in [0.25, 0.3) is 0 Å². The molecule has 186 valence electrons. The number of hydrogen-bond donors (Lipinski definition) is 1. The average Bonchev–Trinajstić information content (AvgIpc) is 3.50. The lowest BCUT2D eigenvalue weighted by molar-refractivity contribution is -0.131. The summed E-state index contributed by atoms with van der Waals surface area (Å²) in [6.07, 6.45) is 1.50. The Bertz CT molecular complexity index is 1370. The summed E-state index contributed by atoms with van der Waals surface area (Å²) in [5.41, 5.74) is 1.93. The molecule has 8 nitrogen and oxygen atoms in total. The van der Waals surface area contributed by atoms with Crippen LogP contribution in [0, 0.1) is 6.92 Å². The van der Waals surface area contributed by atoms with E-state index < -0.39 is 5.97 Å². The van der Waals surface area contributed by atoms with Crippen molar-refractivity contribution >= 4 is 35.6 Å². The minimum atomic E-state index is -1.08. The quantitative estimate of drug-likeness (QED) is 0.191. The zero-order valence-electron chi connectivity index (χ0n) is 20.2. The van der Waals surface area contributed by atoms with E-state index in [1.54, 1.807) is 26.4 Å². The molecule has 0 aliphatic rings. The van der Waals surface area contributed by atoms with Crippen LogP contribution >= 0.6 is 23.5 Å². The number of aromatic nitrogens is 3. The van der Waals surface area contributed by atoms with Crippen molar-refractivity contribution in [1.82, 2.24) is 14.8 Å². The average molecular weight is 524 g/mol. The second-order valence-electron chi connectivity index (χ2n) is 7.64. The van der Waals surface area contributed by atoms with Crippen LogP contribution in [0.15, 0.2) is 79.1 Å². The normalized spacial score (nSPS) is 11.5. The Labute approximate surface area is 217 Å². The SMILES string of the molecule is CCn1c(S/C(=C\c2ccc(Sc3ccc(C)cc3)o2)C(=O)O)nnc1-c1cc(OC)cc(OC)c1. The van der Waals surface area contributed by atoms with E-state index in [4.69, 9.17) is 13.9 Å². The minimum absolute atomic E-state index is 0.0631. The summed E-state index contributed by atoms with van der Waals surface area (Å²) in [5, 5.41) is 19.6. The Hall–Kier alpha value is -3.63.